The van der Waals surface area contributed by atoms with Gasteiger partial charge in [-0.1, -0.05) is 0 Å². The lowest BCUT2D eigenvalue weighted by atomic mass is 10.1. The van der Waals surface area contributed by atoms with Crippen molar-refractivity contribution in [2.24, 2.45) is 5.92 Å². The van der Waals surface area contributed by atoms with Gasteiger partial charge in [-0.3, -0.25) is 9.69 Å². The van der Waals surface area contributed by atoms with Crippen molar-refractivity contribution >= 4 is 5.97 Å². The molecule has 17 heavy (non-hydrogen) atoms. The number of nitrogens with zero attached hydrogens (tertiary/aromatic N) is 3. The van der Waals surface area contributed by atoms with Gasteiger partial charge in [0.1, 0.15) is 0 Å². The number of hydrogen-bond acceptors (Lipinski definition) is 3. The summed E-state index contributed by atoms with van der Waals surface area (Å²) in [5.41, 5.74) is 1.22. The Kier molecular flexibility index (Phi) is 2.63. The van der Waals surface area contributed by atoms with E-state index in [0.29, 0.717) is 12.6 Å². The van der Waals surface area contributed by atoms with Crippen molar-refractivity contribution < 1.29 is 9.90 Å². The zero-order valence-corrected chi connectivity index (χ0v) is 9.75. The molecule has 0 bridgehead atoms. The molecule has 0 amide bonds. The fourth-order valence-electron chi connectivity index (χ4n) is 2.54. The van der Waals surface area contributed by atoms with Crippen LogP contribution in [0, 0.1) is 5.92 Å². The molecule has 2 heterocycles. The van der Waals surface area contributed by atoms with Gasteiger partial charge in [0.05, 0.1) is 17.9 Å². The molecule has 5 heteroatoms. The normalized spacial score (nSPS) is 25.3. The Morgan fingerprint density at radius 2 is 2.29 bits per heavy atom. The monoisotopic (exact) mass is 235 g/mol. The van der Waals surface area contributed by atoms with Crippen molar-refractivity contribution in [1.29, 1.82) is 0 Å². The summed E-state index contributed by atoms with van der Waals surface area (Å²) in [6.45, 7) is 2.39. The third-order valence-electron chi connectivity index (χ3n) is 3.69. The fourth-order valence-corrected chi connectivity index (χ4v) is 2.54. The van der Waals surface area contributed by atoms with E-state index in [1.165, 1.54) is 18.5 Å². The number of hydrogen-bond donors (Lipinski definition) is 1. The van der Waals surface area contributed by atoms with E-state index in [2.05, 4.69) is 14.5 Å². The zero-order chi connectivity index (χ0) is 11.8. The summed E-state index contributed by atoms with van der Waals surface area (Å²) >= 11 is 0. The van der Waals surface area contributed by atoms with E-state index in [1.54, 1.807) is 0 Å². The zero-order valence-electron chi connectivity index (χ0n) is 9.75. The van der Waals surface area contributed by atoms with Gasteiger partial charge in [-0.15, -0.1) is 0 Å². The summed E-state index contributed by atoms with van der Waals surface area (Å²) in [5.74, 6) is -0.851. The molecule has 0 radical (unpaired) electrons. The van der Waals surface area contributed by atoms with Crippen LogP contribution in [0.1, 0.15) is 31.0 Å². The molecule has 1 aromatic rings. The van der Waals surface area contributed by atoms with Crippen molar-refractivity contribution in [3.05, 3.63) is 18.2 Å². The van der Waals surface area contributed by atoms with Crippen molar-refractivity contribution in [3.63, 3.8) is 0 Å². The summed E-state index contributed by atoms with van der Waals surface area (Å²) in [4.78, 5) is 17.3. The van der Waals surface area contributed by atoms with Gasteiger partial charge in [0.2, 0.25) is 0 Å². The Labute approximate surface area is 100 Å². The summed E-state index contributed by atoms with van der Waals surface area (Å²) in [5, 5.41) is 8.97. The minimum absolute atomic E-state index is 0.188. The van der Waals surface area contributed by atoms with Gasteiger partial charge in [0, 0.05) is 25.3 Å². The van der Waals surface area contributed by atoms with Gasteiger partial charge in [0.15, 0.2) is 0 Å². The van der Waals surface area contributed by atoms with E-state index in [4.69, 9.17) is 5.11 Å². The molecule has 1 atom stereocenters. The largest absolute Gasteiger partial charge is 0.481 e. The molecule has 0 spiro atoms. The average molecular weight is 235 g/mol. The van der Waals surface area contributed by atoms with Crippen molar-refractivity contribution in [2.75, 3.05) is 13.1 Å². The maximum atomic E-state index is 10.9. The van der Waals surface area contributed by atoms with Crippen LogP contribution in [-0.2, 0) is 11.3 Å². The number of rotatable bonds is 4. The molecule has 5 nitrogen and oxygen atoms in total. The van der Waals surface area contributed by atoms with Gasteiger partial charge in [0.25, 0.3) is 0 Å². The number of carbonyl (C=O) groups is 1. The topological polar surface area (TPSA) is 58.4 Å². The van der Waals surface area contributed by atoms with Crippen LogP contribution in [0.15, 0.2) is 12.5 Å². The lowest BCUT2D eigenvalue weighted by Gasteiger charge is -2.16. The van der Waals surface area contributed by atoms with Crippen molar-refractivity contribution in [2.45, 2.75) is 31.8 Å². The molecule has 1 aliphatic heterocycles. The second-order valence-electron chi connectivity index (χ2n) is 5.08. The van der Waals surface area contributed by atoms with E-state index in [0.717, 1.165) is 19.5 Å². The van der Waals surface area contributed by atoms with E-state index >= 15 is 0 Å². The minimum Gasteiger partial charge on any atom is -0.481 e. The summed E-state index contributed by atoms with van der Waals surface area (Å²) < 4.78 is 2.24. The fraction of sp³-hybridized carbons (Fsp3) is 0.667. The molecule has 3 rings (SSSR count). The quantitative estimate of drug-likeness (QED) is 0.849. The molecular weight excluding hydrogens is 218 g/mol. The van der Waals surface area contributed by atoms with E-state index in [-0.39, 0.29) is 5.92 Å². The highest BCUT2D eigenvalue weighted by atomic mass is 16.4. The summed E-state index contributed by atoms with van der Waals surface area (Å²) in [6.07, 6.45) is 7.08. The molecule has 2 aliphatic rings. The van der Waals surface area contributed by atoms with Crippen LogP contribution in [0.25, 0.3) is 0 Å². The van der Waals surface area contributed by atoms with Gasteiger partial charge in [-0.25, -0.2) is 4.98 Å². The predicted molar refractivity (Wildman–Crippen MR) is 61.5 cm³/mol. The van der Waals surface area contributed by atoms with Crippen molar-refractivity contribution in [3.8, 4) is 0 Å². The number of aliphatic carboxylic acids is 1. The summed E-state index contributed by atoms with van der Waals surface area (Å²) in [7, 11) is 0. The summed E-state index contributed by atoms with van der Waals surface area (Å²) in [6, 6.07) is 0.644. The molecule has 1 saturated carbocycles. The highest BCUT2D eigenvalue weighted by molar-refractivity contribution is 5.70. The first-order chi connectivity index (χ1) is 8.24. The molecule has 1 unspecified atom stereocenters. The average Bonchev–Trinajstić information content (AvgIpc) is 2.86. The molecule has 92 valence electrons. The molecule has 1 N–H and O–H groups in total. The Morgan fingerprint density at radius 1 is 1.47 bits per heavy atom. The Bertz CT molecular complexity index is 425. The second-order valence-corrected chi connectivity index (χ2v) is 5.08. The maximum absolute atomic E-state index is 10.9. The molecule has 1 saturated heterocycles. The Balaban J connectivity index is 1.63. The maximum Gasteiger partial charge on any atom is 0.307 e. The molecule has 0 aromatic carbocycles. The standard InChI is InChI=1S/C12H17N3O2/c16-12(17)9-3-4-14(6-9)7-11-5-13-8-15(11)10-1-2-10/h5,8-10H,1-4,6-7H2,(H,16,17). The van der Waals surface area contributed by atoms with Crippen LogP contribution in [0.5, 0.6) is 0 Å². The molecule has 1 aromatic heterocycles. The first-order valence-corrected chi connectivity index (χ1v) is 6.20. The first kappa shape index (κ1) is 10.8. The number of likely N-dealkylation sites (tertiary alicyclic amines) is 1. The van der Waals surface area contributed by atoms with E-state index in [1.807, 2.05) is 12.5 Å². The van der Waals surface area contributed by atoms with Crippen LogP contribution in [-0.4, -0.2) is 38.6 Å². The SMILES string of the molecule is O=C(O)C1CCN(Cc2cncn2C2CC2)C1. The first-order valence-electron chi connectivity index (χ1n) is 6.20. The number of imidazole rings is 1. The molecular formula is C12H17N3O2. The van der Waals surface area contributed by atoms with Crippen LogP contribution in [0.2, 0.25) is 0 Å². The molecule has 1 aliphatic carbocycles. The van der Waals surface area contributed by atoms with Gasteiger partial charge < -0.3 is 9.67 Å². The van der Waals surface area contributed by atoms with Gasteiger partial charge in [-0.2, -0.15) is 0 Å². The third-order valence-corrected chi connectivity index (χ3v) is 3.69. The lowest BCUT2D eigenvalue weighted by Crippen LogP contribution is -2.23. The molecule has 2 fully saturated rings. The van der Waals surface area contributed by atoms with Crippen LogP contribution in [0.3, 0.4) is 0 Å². The smallest absolute Gasteiger partial charge is 0.307 e. The predicted octanol–water partition coefficient (Wildman–Crippen LogP) is 1.12. The lowest BCUT2D eigenvalue weighted by molar-refractivity contribution is -0.141. The highest BCUT2D eigenvalue weighted by Gasteiger charge is 2.30. The van der Waals surface area contributed by atoms with Crippen LogP contribution >= 0.6 is 0 Å². The number of carboxylic acid groups (broad SMARTS) is 1. The highest BCUT2D eigenvalue weighted by Crippen LogP contribution is 2.36. The van der Waals surface area contributed by atoms with Gasteiger partial charge in [-0.05, 0) is 25.8 Å². The number of aromatic nitrogens is 2. The van der Waals surface area contributed by atoms with E-state index in [9.17, 15) is 4.79 Å². The van der Waals surface area contributed by atoms with E-state index < -0.39 is 5.97 Å². The van der Waals surface area contributed by atoms with Crippen molar-refractivity contribution in [1.82, 2.24) is 14.5 Å². The number of carboxylic acids is 1. The van der Waals surface area contributed by atoms with Crippen LogP contribution < -0.4 is 0 Å². The van der Waals surface area contributed by atoms with Gasteiger partial charge >= 0.3 is 5.97 Å². The second kappa shape index (κ2) is 4.14. The Hall–Kier alpha value is -1.36. The van der Waals surface area contributed by atoms with Crippen LogP contribution in [0.4, 0.5) is 0 Å². The minimum atomic E-state index is -0.664. The Morgan fingerprint density at radius 3 is 2.94 bits per heavy atom. The third kappa shape index (κ3) is 2.20.